The Morgan fingerprint density at radius 1 is 1.06 bits per heavy atom. The van der Waals surface area contributed by atoms with Gasteiger partial charge in [0.05, 0.1) is 0 Å². The number of rotatable bonds is 1. The van der Waals surface area contributed by atoms with Crippen molar-refractivity contribution in [1.29, 1.82) is 0 Å². The molecular formula is C14H15OP. The van der Waals surface area contributed by atoms with Gasteiger partial charge >= 0.3 is 0 Å². The van der Waals surface area contributed by atoms with E-state index in [1.54, 1.807) is 0 Å². The minimum atomic E-state index is -2.29. The van der Waals surface area contributed by atoms with Crippen molar-refractivity contribution in [2.24, 2.45) is 5.92 Å². The fourth-order valence-corrected chi connectivity index (χ4v) is 5.87. The summed E-state index contributed by atoms with van der Waals surface area (Å²) < 4.78 is 13.1. The van der Waals surface area contributed by atoms with Gasteiger partial charge in [-0.2, -0.15) is 0 Å². The molecule has 1 aliphatic heterocycles. The molecule has 3 atom stereocenters. The van der Waals surface area contributed by atoms with E-state index < -0.39 is 7.14 Å². The van der Waals surface area contributed by atoms with Crippen molar-refractivity contribution in [2.45, 2.75) is 18.5 Å². The second-order valence-electron chi connectivity index (χ2n) is 4.56. The third kappa shape index (κ3) is 1.43. The van der Waals surface area contributed by atoms with Crippen LogP contribution in [-0.2, 0) is 4.57 Å². The Balaban J connectivity index is 2.04. The van der Waals surface area contributed by atoms with Gasteiger partial charge < -0.3 is 4.57 Å². The van der Waals surface area contributed by atoms with E-state index in [0.717, 1.165) is 18.1 Å². The molecule has 1 nitrogen and oxygen atoms in total. The number of hydrogen-bond donors (Lipinski definition) is 0. The molecule has 0 unspecified atom stereocenters. The lowest BCUT2D eigenvalue weighted by atomic mass is 9.94. The van der Waals surface area contributed by atoms with Crippen LogP contribution in [0.5, 0.6) is 0 Å². The lowest BCUT2D eigenvalue weighted by Gasteiger charge is -2.26. The topological polar surface area (TPSA) is 17.1 Å². The molecule has 3 rings (SSSR count). The van der Waals surface area contributed by atoms with E-state index in [9.17, 15) is 4.57 Å². The van der Waals surface area contributed by atoms with Gasteiger partial charge in [0.15, 0.2) is 0 Å². The molecule has 0 spiro atoms. The van der Waals surface area contributed by atoms with Gasteiger partial charge in [0, 0.05) is 11.0 Å². The van der Waals surface area contributed by atoms with Crippen LogP contribution in [0.1, 0.15) is 12.8 Å². The first-order valence-electron chi connectivity index (χ1n) is 5.80. The molecule has 2 heteroatoms. The van der Waals surface area contributed by atoms with Crippen molar-refractivity contribution in [1.82, 2.24) is 0 Å². The van der Waals surface area contributed by atoms with Crippen molar-refractivity contribution in [2.75, 3.05) is 0 Å². The standard InChI is InChI=1S/C14H15OP/c15-16(13-7-2-1-3-8-13)11-10-12-6-4-5-9-14(12)16/h1-5,7-8,10-12,14H,6,9H2/t12-,14-,16-/m0/s1. The highest BCUT2D eigenvalue weighted by atomic mass is 31.2. The summed E-state index contributed by atoms with van der Waals surface area (Å²) in [7, 11) is -2.29. The van der Waals surface area contributed by atoms with E-state index >= 15 is 0 Å². The molecule has 0 N–H and O–H groups in total. The van der Waals surface area contributed by atoms with Crippen LogP contribution in [0, 0.1) is 5.92 Å². The van der Waals surface area contributed by atoms with Crippen molar-refractivity contribution in [3.63, 3.8) is 0 Å². The Morgan fingerprint density at radius 3 is 2.62 bits per heavy atom. The van der Waals surface area contributed by atoms with Gasteiger partial charge in [-0.05, 0) is 24.6 Å². The first-order chi connectivity index (χ1) is 7.81. The molecule has 0 amide bonds. The molecule has 2 aliphatic rings. The summed E-state index contributed by atoms with van der Waals surface area (Å²) in [6.07, 6.45) is 8.58. The summed E-state index contributed by atoms with van der Waals surface area (Å²) in [5.41, 5.74) is 0.319. The van der Waals surface area contributed by atoms with Gasteiger partial charge in [0.2, 0.25) is 0 Å². The second-order valence-corrected chi connectivity index (χ2v) is 7.46. The Bertz CT molecular complexity index is 487. The zero-order valence-corrected chi connectivity index (χ0v) is 10.0. The minimum absolute atomic E-state index is 0.319. The first kappa shape index (κ1) is 10.1. The molecule has 0 fully saturated rings. The highest BCUT2D eigenvalue weighted by molar-refractivity contribution is 7.75. The maximum atomic E-state index is 13.1. The van der Waals surface area contributed by atoms with Crippen LogP contribution in [0.15, 0.2) is 54.4 Å². The summed E-state index contributed by atoms with van der Waals surface area (Å²) in [4.78, 5) is 0. The fraction of sp³-hybridized carbons (Fsp3) is 0.286. The van der Waals surface area contributed by atoms with E-state index in [-0.39, 0.29) is 0 Å². The van der Waals surface area contributed by atoms with Gasteiger partial charge in [-0.25, -0.2) is 0 Å². The van der Waals surface area contributed by atoms with Crippen molar-refractivity contribution in [3.8, 4) is 0 Å². The molecular weight excluding hydrogens is 215 g/mol. The summed E-state index contributed by atoms with van der Waals surface area (Å²) in [5.74, 6) is 2.49. The van der Waals surface area contributed by atoms with Gasteiger partial charge in [-0.1, -0.05) is 48.6 Å². The minimum Gasteiger partial charge on any atom is -0.314 e. The Kier molecular flexibility index (Phi) is 2.37. The van der Waals surface area contributed by atoms with Crippen molar-refractivity contribution < 1.29 is 4.57 Å². The Hall–Kier alpha value is -1.07. The summed E-state index contributed by atoms with van der Waals surface area (Å²) >= 11 is 0. The molecule has 0 bridgehead atoms. The quantitative estimate of drug-likeness (QED) is 0.532. The molecule has 0 saturated heterocycles. The largest absolute Gasteiger partial charge is 0.314 e. The Labute approximate surface area is 96.2 Å². The zero-order chi connectivity index (χ0) is 11.0. The van der Waals surface area contributed by atoms with Crippen LogP contribution >= 0.6 is 7.14 Å². The van der Waals surface area contributed by atoms with Crippen LogP contribution in [0.4, 0.5) is 0 Å². The number of fused-ring (bicyclic) bond motifs is 1. The molecule has 1 heterocycles. The lowest BCUT2D eigenvalue weighted by Crippen LogP contribution is -2.21. The van der Waals surface area contributed by atoms with Crippen LogP contribution in [0.2, 0.25) is 0 Å². The van der Waals surface area contributed by atoms with Crippen LogP contribution in [0.3, 0.4) is 0 Å². The first-order valence-corrected chi connectivity index (χ1v) is 7.64. The van der Waals surface area contributed by atoms with Gasteiger partial charge in [0.25, 0.3) is 0 Å². The molecule has 16 heavy (non-hydrogen) atoms. The van der Waals surface area contributed by atoms with E-state index in [1.165, 1.54) is 0 Å². The van der Waals surface area contributed by atoms with E-state index in [1.807, 2.05) is 36.1 Å². The third-order valence-corrected chi connectivity index (χ3v) is 6.95. The number of hydrogen-bond acceptors (Lipinski definition) is 1. The monoisotopic (exact) mass is 230 g/mol. The smallest absolute Gasteiger partial charge is 0.139 e. The van der Waals surface area contributed by atoms with Crippen molar-refractivity contribution in [3.05, 3.63) is 54.4 Å². The van der Waals surface area contributed by atoms with Crippen LogP contribution < -0.4 is 5.30 Å². The molecule has 0 radical (unpaired) electrons. The van der Waals surface area contributed by atoms with E-state index in [4.69, 9.17) is 0 Å². The highest BCUT2D eigenvalue weighted by Crippen LogP contribution is 2.61. The van der Waals surface area contributed by atoms with Gasteiger partial charge in [-0.3, -0.25) is 0 Å². The fourth-order valence-electron chi connectivity index (χ4n) is 2.76. The molecule has 1 aliphatic carbocycles. The summed E-state index contributed by atoms with van der Waals surface area (Å²) in [6.45, 7) is 0. The van der Waals surface area contributed by atoms with Gasteiger partial charge in [0.1, 0.15) is 7.14 Å². The van der Waals surface area contributed by atoms with E-state index in [2.05, 4.69) is 18.2 Å². The SMILES string of the molecule is O=[P@]1(c2ccccc2)C=C[C@@H]2CC=CC[C@@H]21. The summed E-state index contributed by atoms with van der Waals surface area (Å²) in [6, 6.07) is 9.95. The third-order valence-electron chi connectivity index (χ3n) is 3.65. The molecule has 1 aromatic rings. The number of benzene rings is 1. The summed E-state index contributed by atoms with van der Waals surface area (Å²) in [5, 5.41) is 1.02. The molecule has 0 aromatic heterocycles. The number of allylic oxidation sites excluding steroid dienone is 3. The predicted octanol–water partition coefficient (Wildman–Crippen LogP) is 3.54. The predicted molar refractivity (Wildman–Crippen MR) is 68.5 cm³/mol. The van der Waals surface area contributed by atoms with E-state index in [0.29, 0.717) is 11.6 Å². The average molecular weight is 230 g/mol. The normalized spacial score (nSPS) is 36.2. The molecule has 0 saturated carbocycles. The highest BCUT2D eigenvalue weighted by Gasteiger charge is 2.41. The lowest BCUT2D eigenvalue weighted by molar-refractivity contribution is 0.545. The van der Waals surface area contributed by atoms with Crippen LogP contribution in [0.25, 0.3) is 0 Å². The maximum Gasteiger partial charge on any atom is 0.139 e. The molecule has 82 valence electrons. The van der Waals surface area contributed by atoms with Crippen LogP contribution in [-0.4, -0.2) is 5.66 Å². The Morgan fingerprint density at radius 2 is 1.81 bits per heavy atom. The van der Waals surface area contributed by atoms with Crippen molar-refractivity contribution >= 4 is 12.4 Å². The van der Waals surface area contributed by atoms with Gasteiger partial charge in [-0.15, -0.1) is 0 Å². The average Bonchev–Trinajstić information content (AvgIpc) is 2.71. The second kappa shape index (κ2) is 3.75. The zero-order valence-electron chi connectivity index (χ0n) is 9.12. The molecule has 1 aromatic carbocycles. The maximum absolute atomic E-state index is 13.1.